The molecular weight excluding hydrogens is 390 g/mol. The van der Waals surface area contributed by atoms with E-state index in [-0.39, 0.29) is 5.95 Å². The molecule has 29 heavy (non-hydrogen) atoms. The van der Waals surface area contributed by atoms with Crippen molar-refractivity contribution in [2.24, 2.45) is 12.5 Å². The lowest BCUT2D eigenvalue weighted by molar-refractivity contribution is 0.160. The first kappa shape index (κ1) is 21.9. The van der Waals surface area contributed by atoms with Gasteiger partial charge in [0, 0.05) is 33.2 Å². The second kappa shape index (κ2) is 9.36. The van der Waals surface area contributed by atoms with Gasteiger partial charge in [0.2, 0.25) is 5.95 Å². The first-order chi connectivity index (χ1) is 13.9. The molecule has 1 atom stereocenters. The molecule has 2 aromatic heterocycles. The largest absolute Gasteiger partial charge is 0.385 e. The third-order valence-electron chi connectivity index (χ3n) is 5.91. The second-order valence-corrected chi connectivity index (χ2v) is 8.56. The smallest absolute Gasteiger partial charge is 0.220 e. The molecule has 0 amide bonds. The van der Waals surface area contributed by atoms with Gasteiger partial charge in [-0.3, -0.25) is 0 Å². The zero-order valence-electron chi connectivity index (χ0n) is 17.9. The van der Waals surface area contributed by atoms with E-state index in [0.717, 1.165) is 31.9 Å². The molecule has 1 unspecified atom stereocenters. The van der Waals surface area contributed by atoms with Crippen molar-refractivity contribution in [2.45, 2.75) is 44.9 Å². The van der Waals surface area contributed by atoms with Gasteiger partial charge in [-0.1, -0.05) is 24.9 Å². The number of methoxy groups -OCH3 is 1. The van der Waals surface area contributed by atoms with Crippen LogP contribution in [0.25, 0.3) is 11.5 Å². The molecule has 1 aliphatic carbocycles. The number of nitrogens with two attached hydrogens (primary N) is 1. The van der Waals surface area contributed by atoms with Crippen LogP contribution in [0.5, 0.6) is 0 Å². The van der Waals surface area contributed by atoms with E-state index in [0.29, 0.717) is 27.9 Å². The molecule has 1 spiro atoms. The topological polar surface area (TPSA) is 95.0 Å². The summed E-state index contributed by atoms with van der Waals surface area (Å²) in [5.41, 5.74) is 6.60. The summed E-state index contributed by atoms with van der Waals surface area (Å²) in [4.78, 5) is 10.6. The van der Waals surface area contributed by atoms with Gasteiger partial charge in [0.1, 0.15) is 11.5 Å². The number of nitrogens with zero attached hydrogens (tertiary/aromatic N) is 6. The highest BCUT2D eigenvalue weighted by molar-refractivity contribution is 6.32. The van der Waals surface area contributed by atoms with Crippen LogP contribution in [0.15, 0.2) is 6.20 Å². The number of halogens is 1. The number of hydrogen-bond donors (Lipinski definition) is 1. The fraction of sp³-hybridized carbons (Fsp3) is 0.700. The molecule has 3 heterocycles. The number of piperidine rings is 1. The zero-order valence-corrected chi connectivity index (χ0v) is 18.6. The number of ether oxygens (including phenoxy) is 1. The molecular formula is C20H32ClN7O. The number of anilines is 1. The van der Waals surface area contributed by atoms with E-state index in [1.807, 2.05) is 11.6 Å². The van der Waals surface area contributed by atoms with E-state index in [9.17, 15) is 0 Å². The lowest BCUT2D eigenvalue weighted by Gasteiger charge is -2.36. The maximum atomic E-state index is 6.22. The number of aromatic nitrogens is 5. The maximum absolute atomic E-state index is 6.22. The summed E-state index contributed by atoms with van der Waals surface area (Å²) >= 11 is 6.22. The molecule has 4 rings (SSSR count). The quantitative estimate of drug-likeness (QED) is 0.741. The van der Waals surface area contributed by atoms with Crippen LogP contribution in [0.2, 0.25) is 5.02 Å². The molecule has 2 fully saturated rings. The van der Waals surface area contributed by atoms with Crippen LogP contribution >= 0.6 is 11.6 Å². The van der Waals surface area contributed by atoms with Gasteiger partial charge in [0.05, 0.1) is 11.2 Å². The summed E-state index contributed by atoms with van der Waals surface area (Å²) in [7, 11) is 5.91. The number of unbranched alkanes of at least 4 members (excludes halogenated alkanes) is 1. The van der Waals surface area contributed by atoms with Crippen molar-refractivity contribution in [3.8, 4) is 11.5 Å². The van der Waals surface area contributed by atoms with Gasteiger partial charge in [-0.15, -0.1) is 10.2 Å². The Labute approximate surface area is 177 Å². The van der Waals surface area contributed by atoms with E-state index in [1.54, 1.807) is 7.11 Å². The van der Waals surface area contributed by atoms with E-state index in [4.69, 9.17) is 22.1 Å². The summed E-state index contributed by atoms with van der Waals surface area (Å²) in [6.07, 6.45) is 7.58. The number of rotatable bonds is 5. The van der Waals surface area contributed by atoms with Gasteiger partial charge in [-0.05, 0) is 44.7 Å². The Kier molecular flexibility index (Phi) is 7.08. The summed E-state index contributed by atoms with van der Waals surface area (Å²) in [6.45, 7) is 5.30. The predicted octanol–water partition coefficient (Wildman–Crippen LogP) is 3.14. The minimum Gasteiger partial charge on any atom is -0.385 e. The highest BCUT2D eigenvalue weighted by Gasteiger charge is 2.53. The highest BCUT2D eigenvalue weighted by Crippen LogP contribution is 2.59. The van der Waals surface area contributed by atoms with Gasteiger partial charge in [0.15, 0.2) is 5.82 Å². The van der Waals surface area contributed by atoms with E-state index >= 15 is 0 Å². The van der Waals surface area contributed by atoms with Gasteiger partial charge < -0.3 is 19.9 Å². The zero-order chi connectivity index (χ0) is 21.0. The molecule has 1 saturated carbocycles. The van der Waals surface area contributed by atoms with Crippen molar-refractivity contribution in [3.05, 3.63) is 17.0 Å². The minimum atomic E-state index is 0.187. The average Bonchev–Trinajstić information content (AvgIpc) is 3.35. The maximum Gasteiger partial charge on any atom is 0.220 e. The Hall–Kier alpha value is -1.77. The standard InChI is InChI=1S/C15H20ClN7.C5H12O/c1-22-6-3-9(15(8-22)4-5-15)12-20-21-13(23(12)2)11-10(16)7-18-14(17)19-11;1-3-4-5-6-2/h7,9H,3-6,8H2,1-2H3,(H2,17,18,19);3-5H2,1-2H3. The number of nitrogen functional groups attached to an aromatic ring is 1. The van der Waals surface area contributed by atoms with Crippen molar-refractivity contribution >= 4 is 17.5 Å². The number of likely N-dealkylation sites (tertiary alicyclic amines) is 1. The van der Waals surface area contributed by atoms with Gasteiger partial charge in [-0.2, -0.15) is 0 Å². The molecule has 1 aliphatic heterocycles. The Bertz CT molecular complexity index is 817. The van der Waals surface area contributed by atoms with Crippen LogP contribution in [0, 0.1) is 5.41 Å². The minimum absolute atomic E-state index is 0.187. The fourth-order valence-electron chi connectivity index (χ4n) is 4.13. The normalized spacial score (nSPS) is 20.4. The molecule has 2 aromatic rings. The Morgan fingerprint density at radius 3 is 2.69 bits per heavy atom. The third kappa shape index (κ3) is 4.87. The first-order valence-electron chi connectivity index (χ1n) is 10.3. The highest BCUT2D eigenvalue weighted by atomic mass is 35.5. The predicted molar refractivity (Wildman–Crippen MR) is 115 cm³/mol. The van der Waals surface area contributed by atoms with Gasteiger partial charge >= 0.3 is 0 Å². The van der Waals surface area contributed by atoms with Crippen molar-refractivity contribution in [1.29, 1.82) is 0 Å². The number of hydrogen-bond acceptors (Lipinski definition) is 7. The van der Waals surface area contributed by atoms with Gasteiger partial charge in [0.25, 0.3) is 0 Å². The molecule has 0 radical (unpaired) electrons. The van der Waals surface area contributed by atoms with Crippen molar-refractivity contribution < 1.29 is 4.74 Å². The molecule has 0 aromatic carbocycles. The first-order valence-corrected chi connectivity index (χ1v) is 10.6. The molecule has 8 nitrogen and oxygen atoms in total. The van der Waals surface area contributed by atoms with Crippen LogP contribution in [0.3, 0.4) is 0 Å². The van der Waals surface area contributed by atoms with E-state index in [2.05, 4.69) is 39.0 Å². The van der Waals surface area contributed by atoms with Crippen LogP contribution < -0.4 is 5.73 Å². The monoisotopic (exact) mass is 421 g/mol. The van der Waals surface area contributed by atoms with Crippen LogP contribution in [0.1, 0.15) is 50.8 Å². The lowest BCUT2D eigenvalue weighted by Crippen LogP contribution is -2.39. The summed E-state index contributed by atoms with van der Waals surface area (Å²) in [5, 5.41) is 9.26. The van der Waals surface area contributed by atoms with Gasteiger partial charge in [-0.25, -0.2) is 9.97 Å². The summed E-state index contributed by atoms with van der Waals surface area (Å²) in [6, 6.07) is 0. The SMILES string of the molecule is CCCCOC.CN1CCC(c2nnc(-c3nc(N)ncc3Cl)n2C)C2(CC2)C1. The van der Waals surface area contributed by atoms with Crippen molar-refractivity contribution in [1.82, 2.24) is 29.6 Å². The molecule has 0 bridgehead atoms. The molecule has 2 aliphatic rings. The van der Waals surface area contributed by atoms with Crippen LogP contribution in [0.4, 0.5) is 5.95 Å². The molecule has 160 valence electrons. The molecule has 2 N–H and O–H groups in total. The molecule has 1 saturated heterocycles. The van der Waals surface area contributed by atoms with Crippen LogP contribution in [-0.4, -0.2) is 63.5 Å². The Balaban J connectivity index is 0.000000353. The van der Waals surface area contributed by atoms with Crippen molar-refractivity contribution in [3.63, 3.8) is 0 Å². The third-order valence-corrected chi connectivity index (χ3v) is 6.19. The van der Waals surface area contributed by atoms with Crippen molar-refractivity contribution in [2.75, 3.05) is 39.6 Å². The fourth-order valence-corrected chi connectivity index (χ4v) is 4.31. The van der Waals surface area contributed by atoms with E-state index < -0.39 is 0 Å². The Morgan fingerprint density at radius 2 is 2.07 bits per heavy atom. The van der Waals surface area contributed by atoms with Crippen LogP contribution in [-0.2, 0) is 11.8 Å². The summed E-state index contributed by atoms with van der Waals surface area (Å²) < 4.78 is 6.80. The summed E-state index contributed by atoms with van der Waals surface area (Å²) in [5.74, 6) is 2.31. The second-order valence-electron chi connectivity index (χ2n) is 8.15. The Morgan fingerprint density at radius 1 is 1.31 bits per heavy atom. The lowest BCUT2D eigenvalue weighted by atomic mass is 9.82. The van der Waals surface area contributed by atoms with E-state index in [1.165, 1.54) is 31.9 Å². The molecule has 9 heteroatoms. The average molecular weight is 422 g/mol.